The Labute approximate surface area is 146 Å². The number of aryl methyl sites for hydroxylation is 1. The molecule has 1 unspecified atom stereocenters. The Bertz CT molecular complexity index is 860. The summed E-state index contributed by atoms with van der Waals surface area (Å²) in [5.41, 5.74) is 3.25. The van der Waals surface area contributed by atoms with Crippen LogP contribution in [-0.4, -0.2) is 46.0 Å². The second kappa shape index (κ2) is 7.22. The lowest BCUT2D eigenvalue weighted by Crippen LogP contribution is -2.38. The fourth-order valence-electron chi connectivity index (χ4n) is 2.95. The van der Waals surface area contributed by atoms with Crippen LogP contribution >= 0.6 is 0 Å². The summed E-state index contributed by atoms with van der Waals surface area (Å²) in [7, 11) is 0. The maximum atomic E-state index is 12.4. The molecule has 1 fully saturated rings. The maximum absolute atomic E-state index is 12.4. The predicted octanol–water partition coefficient (Wildman–Crippen LogP) is 1.74. The predicted molar refractivity (Wildman–Crippen MR) is 94.7 cm³/mol. The molecule has 0 bridgehead atoms. The van der Waals surface area contributed by atoms with E-state index in [9.17, 15) is 9.59 Å². The molecule has 1 aromatic carbocycles. The van der Waals surface area contributed by atoms with Crippen LogP contribution in [0.25, 0.3) is 11.3 Å². The Morgan fingerprint density at radius 2 is 2.16 bits per heavy atom. The van der Waals surface area contributed by atoms with E-state index in [1.807, 2.05) is 31.2 Å². The number of aromatic amines is 1. The van der Waals surface area contributed by atoms with E-state index in [1.165, 1.54) is 0 Å². The molecule has 0 aliphatic carbocycles. The highest BCUT2D eigenvalue weighted by molar-refractivity contribution is 5.95. The van der Waals surface area contributed by atoms with Crippen LogP contribution in [0.4, 0.5) is 0 Å². The lowest BCUT2D eigenvalue weighted by Gasteiger charge is -2.14. The van der Waals surface area contributed by atoms with E-state index in [1.54, 1.807) is 17.9 Å². The number of rotatable bonds is 3. The van der Waals surface area contributed by atoms with Crippen molar-refractivity contribution in [3.05, 3.63) is 41.6 Å². The Balaban J connectivity index is 1.64. The number of likely N-dealkylation sites (tertiary alicyclic amines) is 1. The van der Waals surface area contributed by atoms with E-state index in [-0.39, 0.29) is 17.9 Å². The Morgan fingerprint density at radius 1 is 1.36 bits per heavy atom. The number of benzene rings is 1. The SMILES string of the molecule is CC#CC(=O)N1CCC(NC(=O)c2cc(-c3ccccc3C)n[nH]2)C1. The third kappa shape index (κ3) is 3.72. The van der Waals surface area contributed by atoms with Gasteiger partial charge in [0.2, 0.25) is 0 Å². The van der Waals surface area contributed by atoms with Crippen LogP contribution < -0.4 is 5.32 Å². The van der Waals surface area contributed by atoms with Crippen molar-refractivity contribution >= 4 is 11.8 Å². The zero-order valence-corrected chi connectivity index (χ0v) is 14.3. The molecular formula is C19H20N4O2. The third-order valence-corrected chi connectivity index (χ3v) is 4.29. The molecule has 25 heavy (non-hydrogen) atoms. The first-order chi connectivity index (χ1) is 12.1. The van der Waals surface area contributed by atoms with E-state index in [0.29, 0.717) is 18.8 Å². The summed E-state index contributed by atoms with van der Waals surface area (Å²) in [5, 5.41) is 9.99. The summed E-state index contributed by atoms with van der Waals surface area (Å²) in [6, 6.07) is 9.57. The van der Waals surface area contributed by atoms with Crippen molar-refractivity contribution in [2.75, 3.05) is 13.1 Å². The first-order valence-corrected chi connectivity index (χ1v) is 8.22. The summed E-state index contributed by atoms with van der Waals surface area (Å²) in [4.78, 5) is 25.8. The molecule has 6 nitrogen and oxygen atoms in total. The van der Waals surface area contributed by atoms with Gasteiger partial charge in [-0.2, -0.15) is 5.10 Å². The quantitative estimate of drug-likeness (QED) is 0.838. The van der Waals surface area contributed by atoms with Crippen molar-refractivity contribution in [2.24, 2.45) is 0 Å². The third-order valence-electron chi connectivity index (χ3n) is 4.29. The van der Waals surface area contributed by atoms with Crippen molar-refractivity contribution in [3.8, 4) is 23.1 Å². The van der Waals surface area contributed by atoms with E-state index in [2.05, 4.69) is 27.4 Å². The first kappa shape index (κ1) is 16.8. The van der Waals surface area contributed by atoms with Gasteiger partial charge in [-0.3, -0.25) is 14.7 Å². The first-order valence-electron chi connectivity index (χ1n) is 8.22. The molecule has 1 aliphatic heterocycles. The highest BCUT2D eigenvalue weighted by atomic mass is 16.2. The van der Waals surface area contributed by atoms with Crippen LogP contribution in [-0.2, 0) is 4.79 Å². The number of hydrogen-bond acceptors (Lipinski definition) is 3. The molecule has 3 rings (SSSR count). The summed E-state index contributed by atoms with van der Waals surface area (Å²) < 4.78 is 0. The molecule has 0 spiro atoms. The van der Waals surface area contributed by atoms with Crippen LogP contribution in [0.2, 0.25) is 0 Å². The monoisotopic (exact) mass is 336 g/mol. The van der Waals surface area contributed by atoms with Crippen molar-refractivity contribution in [3.63, 3.8) is 0 Å². The topological polar surface area (TPSA) is 78.1 Å². The van der Waals surface area contributed by atoms with Crippen molar-refractivity contribution in [2.45, 2.75) is 26.3 Å². The van der Waals surface area contributed by atoms with Gasteiger partial charge in [0, 0.05) is 24.7 Å². The van der Waals surface area contributed by atoms with E-state index < -0.39 is 0 Å². The molecule has 2 N–H and O–H groups in total. The van der Waals surface area contributed by atoms with Crippen molar-refractivity contribution in [1.82, 2.24) is 20.4 Å². The average Bonchev–Trinajstić information content (AvgIpc) is 3.25. The molecule has 128 valence electrons. The molecule has 1 aliphatic rings. The number of aromatic nitrogens is 2. The van der Waals surface area contributed by atoms with Gasteiger partial charge in [-0.15, -0.1) is 0 Å². The van der Waals surface area contributed by atoms with Gasteiger partial charge in [-0.25, -0.2) is 0 Å². The standard InChI is InChI=1S/C19H20N4O2/c1-3-6-18(24)23-10-9-14(12-23)20-19(25)17-11-16(21-22-17)15-8-5-4-7-13(15)2/h4-5,7-8,11,14H,9-10,12H2,1-2H3,(H,20,25)(H,21,22). The maximum Gasteiger partial charge on any atom is 0.298 e. The molecule has 0 saturated carbocycles. The molecule has 0 radical (unpaired) electrons. The van der Waals surface area contributed by atoms with E-state index >= 15 is 0 Å². The smallest absolute Gasteiger partial charge is 0.298 e. The van der Waals surface area contributed by atoms with Gasteiger partial charge in [-0.05, 0) is 37.8 Å². The van der Waals surface area contributed by atoms with Crippen LogP contribution in [0.5, 0.6) is 0 Å². The highest BCUT2D eigenvalue weighted by Gasteiger charge is 2.27. The number of H-pyrrole nitrogens is 1. The molecule has 1 aromatic heterocycles. The van der Waals surface area contributed by atoms with Gasteiger partial charge in [0.05, 0.1) is 5.69 Å². The number of hydrogen-bond donors (Lipinski definition) is 2. The number of amides is 2. The summed E-state index contributed by atoms with van der Waals surface area (Å²) in [5.74, 6) is 4.73. The second-order valence-corrected chi connectivity index (χ2v) is 6.07. The number of nitrogens with one attached hydrogen (secondary N) is 2. The zero-order chi connectivity index (χ0) is 17.8. The fourth-order valence-corrected chi connectivity index (χ4v) is 2.95. The molecule has 2 heterocycles. The molecular weight excluding hydrogens is 316 g/mol. The number of carbonyl (C=O) groups excluding carboxylic acids is 2. The Hall–Kier alpha value is -3.07. The molecule has 1 atom stereocenters. The molecule has 2 amide bonds. The van der Waals surface area contributed by atoms with Crippen LogP contribution in [0, 0.1) is 18.8 Å². The van der Waals surface area contributed by atoms with Gasteiger partial charge in [0.25, 0.3) is 11.8 Å². The van der Waals surface area contributed by atoms with Crippen molar-refractivity contribution in [1.29, 1.82) is 0 Å². The largest absolute Gasteiger partial charge is 0.346 e. The highest BCUT2D eigenvalue weighted by Crippen LogP contribution is 2.21. The molecule has 2 aromatic rings. The summed E-state index contributed by atoms with van der Waals surface area (Å²) >= 11 is 0. The second-order valence-electron chi connectivity index (χ2n) is 6.07. The summed E-state index contributed by atoms with van der Waals surface area (Å²) in [6.45, 7) is 4.73. The lowest BCUT2D eigenvalue weighted by molar-refractivity contribution is -0.124. The fraction of sp³-hybridized carbons (Fsp3) is 0.316. The lowest BCUT2D eigenvalue weighted by atomic mass is 10.1. The van der Waals surface area contributed by atoms with E-state index in [4.69, 9.17) is 0 Å². The molecule has 1 saturated heterocycles. The van der Waals surface area contributed by atoms with Gasteiger partial charge < -0.3 is 10.2 Å². The normalized spacial score (nSPS) is 16.2. The number of carbonyl (C=O) groups is 2. The zero-order valence-electron chi connectivity index (χ0n) is 14.3. The van der Waals surface area contributed by atoms with E-state index in [0.717, 1.165) is 23.2 Å². The van der Waals surface area contributed by atoms with Gasteiger partial charge in [-0.1, -0.05) is 30.2 Å². The van der Waals surface area contributed by atoms with Gasteiger partial charge >= 0.3 is 0 Å². The Morgan fingerprint density at radius 3 is 2.92 bits per heavy atom. The molecule has 6 heteroatoms. The Kier molecular flexibility index (Phi) is 4.85. The van der Waals surface area contributed by atoms with Crippen molar-refractivity contribution < 1.29 is 9.59 Å². The van der Waals surface area contributed by atoms with Gasteiger partial charge in [0.1, 0.15) is 5.69 Å². The minimum absolute atomic E-state index is 0.0692. The minimum atomic E-state index is -0.215. The van der Waals surface area contributed by atoms with Crippen LogP contribution in [0.15, 0.2) is 30.3 Å². The summed E-state index contributed by atoms with van der Waals surface area (Å²) in [6.07, 6.45) is 0.724. The average molecular weight is 336 g/mol. The minimum Gasteiger partial charge on any atom is -0.346 e. The number of nitrogens with zero attached hydrogens (tertiary/aromatic N) is 2. The van der Waals surface area contributed by atoms with Gasteiger partial charge in [0.15, 0.2) is 0 Å². The van der Waals surface area contributed by atoms with Crippen LogP contribution in [0.3, 0.4) is 0 Å². The van der Waals surface area contributed by atoms with Crippen LogP contribution in [0.1, 0.15) is 29.4 Å².